The summed E-state index contributed by atoms with van der Waals surface area (Å²) in [4.78, 5) is 12.1. The van der Waals surface area contributed by atoms with Crippen LogP contribution in [0.2, 0.25) is 5.02 Å². The second-order valence-electron chi connectivity index (χ2n) is 5.52. The largest absolute Gasteiger partial charge is 0.411 e. The predicted molar refractivity (Wildman–Crippen MR) is 86.6 cm³/mol. The summed E-state index contributed by atoms with van der Waals surface area (Å²) in [5, 5.41) is 7.25. The third-order valence-corrected chi connectivity index (χ3v) is 3.57. The second-order valence-corrected chi connectivity index (χ2v) is 5.93. The third kappa shape index (κ3) is 6.39. The highest BCUT2D eigenvalue weighted by molar-refractivity contribution is 6.31. The van der Waals surface area contributed by atoms with E-state index in [4.69, 9.17) is 11.6 Å². The van der Waals surface area contributed by atoms with E-state index < -0.39 is 24.7 Å². The van der Waals surface area contributed by atoms with Crippen LogP contribution in [0.15, 0.2) is 36.7 Å². The Hall–Kier alpha value is -2.06. The molecule has 2 rings (SSSR count). The molecule has 0 saturated carbocycles. The average Bonchev–Trinajstić information content (AvgIpc) is 2.97. The Morgan fingerprint density at radius 1 is 1.40 bits per heavy atom. The van der Waals surface area contributed by atoms with Crippen LogP contribution in [0.4, 0.5) is 13.2 Å². The summed E-state index contributed by atoms with van der Waals surface area (Å²) in [5.41, 5.74) is 1.16. The van der Waals surface area contributed by atoms with Gasteiger partial charge in [0, 0.05) is 17.3 Å². The van der Waals surface area contributed by atoms with Crippen molar-refractivity contribution >= 4 is 17.5 Å². The average molecular weight is 376 g/mol. The minimum atomic E-state index is -4.39. The molecule has 2 aromatic rings. The SMILES string of the molecule is CC(COCC(F)(F)F)NC(=O)c1cnn(Cc2ccccc2Cl)c1. The molecule has 0 aliphatic rings. The molecule has 1 atom stereocenters. The molecule has 1 N–H and O–H groups in total. The highest BCUT2D eigenvalue weighted by atomic mass is 35.5. The first kappa shape index (κ1) is 19.3. The summed E-state index contributed by atoms with van der Waals surface area (Å²) in [6, 6.07) is 6.71. The number of ether oxygens (including phenoxy) is 1. The van der Waals surface area contributed by atoms with Crippen LogP contribution in [0.3, 0.4) is 0 Å². The van der Waals surface area contributed by atoms with Gasteiger partial charge >= 0.3 is 6.18 Å². The summed E-state index contributed by atoms with van der Waals surface area (Å²) < 4.78 is 42.1. The predicted octanol–water partition coefficient (Wildman–Crippen LogP) is 3.28. The van der Waals surface area contributed by atoms with E-state index in [2.05, 4.69) is 15.2 Å². The fraction of sp³-hybridized carbons (Fsp3) is 0.375. The summed E-state index contributed by atoms with van der Waals surface area (Å²) in [6.45, 7) is 0.377. The fourth-order valence-electron chi connectivity index (χ4n) is 2.07. The van der Waals surface area contributed by atoms with Crippen LogP contribution in [0, 0.1) is 0 Å². The Balaban J connectivity index is 1.86. The van der Waals surface area contributed by atoms with Crippen molar-refractivity contribution in [3.05, 3.63) is 52.8 Å². The Bertz CT molecular complexity index is 719. The molecular weight excluding hydrogens is 359 g/mol. The first-order valence-electron chi connectivity index (χ1n) is 7.46. The van der Waals surface area contributed by atoms with E-state index in [0.717, 1.165) is 5.56 Å². The molecule has 0 fully saturated rings. The molecule has 1 aromatic heterocycles. The highest BCUT2D eigenvalue weighted by Gasteiger charge is 2.27. The van der Waals surface area contributed by atoms with Crippen molar-refractivity contribution < 1.29 is 22.7 Å². The van der Waals surface area contributed by atoms with Crippen LogP contribution in [0.1, 0.15) is 22.8 Å². The maximum Gasteiger partial charge on any atom is 0.411 e. The number of nitrogens with one attached hydrogen (secondary N) is 1. The minimum absolute atomic E-state index is 0.237. The first-order chi connectivity index (χ1) is 11.7. The van der Waals surface area contributed by atoms with Crippen molar-refractivity contribution in [1.82, 2.24) is 15.1 Å². The van der Waals surface area contributed by atoms with E-state index in [1.807, 2.05) is 18.2 Å². The second kappa shape index (κ2) is 8.35. The molecule has 1 unspecified atom stereocenters. The monoisotopic (exact) mass is 375 g/mol. The third-order valence-electron chi connectivity index (χ3n) is 3.20. The lowest BCUT2D eigenvalue weighted by molar-refractivity contribution is -0.174. The smallest absolute Gasteiger partial charge is 0.370 e. The fourth-order valence-corrected chi connectivity index (χ4v) is 2.26. The molecular formula is C16H17ClF3N3O2. The molecule has 0 aliphatic heterocycles. The van der Waals surface area contributed by atoms with Gasteiger partial charge in [-0.2, -0.15) is 18.3 Å². The number of hydrogen-bond donors (Lipinski definition) is 1. The van der Waals surface area contributed by atoms with Gasteiger partial charge in [0.1, 0.15) is 6.61 Å². The molecule has 5 nitrogen and oxygen atoms in total. The van der Waals surface area contributed by atoms with Crippen molar-refractivity contribution in [2.24, 2.45) is 0 Å². The van der Waals surface area contributed by atoms with Gasteiger partial charge in [-0.3, -0.25) is 9.48 Å². The van der Waals surface area contributed by atoms with E-state index in [1.54, 1.807) is 23.9 Å². The molecule has 1 amide bonds. The lowest BCUT2D eigenvalue weighted by Crippen LogP contribution is -2.36. The Kier molecular flexibility index (Phi) is 6.44. The number of amides is 1. The number of carbonyl (C=O) groups excluding carboxylic acids is 1. The van der Waals surface area contributed by atoms with E-state index in [-0.39, 0.29) is 6.61 Å². The van der Waals surface area contributed by atoms with Gasteiger partial charge in [0.2, 0.25) is 0 Å². The number of carbonyl (C=O) groups is 1. The van der Waals surface area contributed by atoms with Crippen molar-refractivity contribution in [2.75, 3.05) is 13.2 Å². The molecule has 9 heteroatoms. The maximum atomic E-state index is 12.1. The zero-order valence-electron chi connectivity index (χ0n) is 13.4. The van der Waals surface area contributed by atoms with Crippen LogP contribution in [-0.2, 0) is 11.3 Å². The normalized spacial score (nSPS) is 12.8. The lowest BCUT2D eigenvalue weighted by atomic mass is 10.2. The van der Waals surface area contributed by atoms with Crippen molar-refractivity contribution in [3.63, 3.8) is 0 Å². The van der Waals surface area contributed by atoms with E-state index in [1.165, 1.54) is 6.20 Å². The van der Waals surface area contributed by atoms with Crippen LogP contribution < -0.4 is 5.32 Å². The van der Waals surface area contributed by atoms with Gasteiger partial charge in [-0.15, -0.1) is 0 Å². The van der Waals surface area contributed by atoms with Crippen LogP contribution in [-0.4, -0.2) is 41.1 Å². The number of benzene rings is 1. The Labute approximate surface area is 147 Å². The van der Waals surface area contributed by atoms with Gasteiger partial charge in [-0.05, 0) is 18.6 Å². The van der Waals surface area contributed by atoms with Gasteiger partial charge in [0.15, 0.2) is 0 Å². The number of hydrogen-bond acceptors (Lipinski definition) is 3. The van der Waals surface area contributed by atoms with Gasteiger partial charge in [0.25, 0.3) is 5.91 Å². The molecule has 1 heterocycles. The zero-order valence-corrected chi connectivity index (χ0v) is 14.1. The molecule has 136 valence electrons. The highest BCUT2D eigenvalue weighted by Crippen LogP contribution is 2.16. The van der Waals surface area contributed by atoms with Gasteiger partial charge < -0.3 is 10.1 Å². The number of rotatable bonds is 7. The van der Waals surface area contributed by atoms with Crippen LogP contribution in [0.25, 0.3) is 0 Å². The van der Waals surface area contributed by atoms with Gasteiger partial charge in [-0.1, -0.05) is 29.8 Å². The van der Waals surface area contributed by atoms with Crippen LogP contribution >= 0.6 is 11.6 Å². The summed E-state index contributed by atoms with van der Waals surface area (Å²) in [6.07, 6.45) is -1.46. The summed E-state index contributed by atoms with van der Waals surface area (Å²) in [7, 11) is 0. The van der Waals surface area contributed by atoms with E-state index in [0.29, 0.717) is 17.1 Å². The molecule has 0 spiro atoms. The van der Waals surface area contributed by atoms with Gasteiger partial charge in [0.05, 0.1) is 24.9 Å². The summed E-state index contributed by atoms with van der Waals surface area (Å²) in [5.74, 6) is -0.437. The number of aromatic nitrogens is 2. The van der Waals surface area contributed by atoms with E-state index >= 15 is 0 Å². The molecule has 0 bridgehead atoms. The van der Waals surface area contributed by atoms with Crippen LogP contribution in [0.5, 0.6) is 0 Å². The number of nitrogens with zero attached hydrogens (tertiary/aromatic N) is 2. The number of halogens is 4. The molecule has 0 aliphatic carbocycles. The van der Waals surface area contributed by atoms with E-state index in [9.17, 15) is 18.0 Å². The lowest BCUT2D eigenvalue weighted by Gasteiger charge is -2.14. The van der Waals surface area contributed by atoms with Crippen molar-refractivity contribution in [2.45, 2.75) is 25.7 Å². The molecule has 1 aromatic carbocycles. The Morgan fingerprint density at radius 3 is 2.80 bits per heavy atom. The standard InChI is InChI=1S/C16H17ClF3N3O2/c1-11(9-25-10-16(18,19)20)22-15(24)13-6-21-23(8-13)7-12-4-2-3-5-14(12)17/h2-6,8,11H,7,9-10H2,1H3,(H,22,24). The van der Waals surface area contributed by atoms with Gasteiger partial charge in [-0.25, -0.2) is 0 Å². The number of alkyl halides is 3. The maximum absolute atomic E-state index is 12.1. The quantitative estimate of drug-likeness (QED) is 0.808. The first-order valence-corrected chi connectivity index (χ1v) is 7.83. The van der Waals surface area contributed by atoms with Crippen molar-refractivity contribution in [3.8, 4) is 0 Å². The minimum Gasteiger partial charge on any atom is -0.370 e. The topological polar surface area (TPSA) is 56.1 Å². The molecule has 25 heavy (non-hydrogen) atoms. The molecule has 0 radical (unpaired) electrons. The van der Waals surface area contributed by atoms with Crippen molar-refractivity contribution in [1.29, 1.82) is 0 Å². The zero-order chi connectivity index (χ0) is 18.4. The Morgan fingerprint density at radius 2 is 2.12 bits per heavy atom. The molecule has 0 saturated heterocycles. The summed E-state index contributed by atoms with van der Waals surface area (Å²) >= 11 is 6.08.